The first-order valence-corrected chi connectivity index (χ1v) is 6.23. The number of Topliss-reactive ketones (excluding diaryl/α,β-unsaturated/α-hetero) is 2. The van der Waals surface area contributed by atoms with Crippen LogP contribution in [0.15, 0.2) is 29.2 Å². The molecule has 0 amide bonds. The molecule has 1 aromatic rings. The minimum absolute atomic E-state index is 0.0345. The number of thioether (sulfide) groups is 1. The van der Waals surface area contributed by atoms with Crippen LogP contribution in [-0.2, 0) is 4.79 Å². The highest BCUT2D eigenvalue weighted by Gasteiger charge is 2.09. The Morgan fingerprint density at radius 2 is 1.81 bits per heavy atom. The lowest BCUT2D eigenvalue weighted by molar-refractivity contribution is -0.116. The fourth-order valence-corrected chi connectivity index (χ4v) is 2.08. The van der Waals surface area contributed by atoms with Crippen molar-refractivity contribution in [2.75, 3.05) is 0 Å². The number of ketones is 2. The fourth-order valence-electron chi connectivity index (χ4n) is 1.21. The summed E-state index contributed by atoms with van der Waals surface area (Å²) in [5.41, 5.74) is 0.738. The number of rotatable bonds is 5. The van der Waals surface area contributed by atoms with Crippen LogP contribution in [0.1, 0.15) is 37.6 Å². The van der Waals surface area contributed by atoms with E-state index in [-0.39, 0.29) is 16.8 Å². The third kappa shape index (κ3) is 3.49. The third-order valence-electron chi connectivity index (χ3n) is 2.38. The maximum atomic E-state index is 11.4. The van der Waals surface area contributed by atoms with Crippen molar-refractivity contribution < 1.29 is 9.59 Å². The summed E-state index contributed by atoms with van der Waals surface area (Å²) < 4.78 is 0. The summed E-state index contributed by atoms with van der Waals surface area (Å²) in [6, 6.07) is 7.43. The van der Waals surface area contributed by atoms with Gasteiger partial charge in [-0.15, -0.1) is 11.8 Å². The maximum Gasteiger partial charge on any atom is 0.162 e. The molecule has 16 heavy (non-hydrogen) atoms. The molecule has 0 aromatic heterocycles. The van der Waals surface area contributed by atoms with Crippen LogP contribution in [0.25, 0.3) is 0 Å². The van der Waals surface area contributed by atoms with E-state index in [0.29, 0.717) is 6.42 Å². The lowest BCUT2D eigenvalue weighted by Crippen LogP contribution is -2.07. The van der Waals surface area contributed by atoms with Gasteiger partial charge in [-0.25, -0.2) is 0 Å². The molecule has 0 aliphatic carbocycles. The van der Waals surface area contributed by atoms with E-state index in [9.17, 15) is 9.59 Å². The van der Waals surface area contributed by atoms with Gasteiger partial charge in [-0.1, -0.05) is 19.1 Å². The second kappa shape index (κ2) is 5.85. The Bertz CT molecular complexity index is 381. The van der Waals surface area contributed by atoms with Gasteiger partial charge in [0.25, 0.3) is 0 Å². The minimum atomic E-state index is -0.0345. The Morgan fingerprint density at radius 3 is 2.25 bits per heavy atom. The minimum Gasteiger partial charge on any atom is -0.299 e. The molecule has 0 radical (unpaired) electrons. The number of carbonyl (C=O) groups is 2. The second-order valence-corrected chi connectivity index (χ2v) is 5.09. The zero-order valence-corrected chi connectivity index (χ0v) is 10.6. The van der Waals surface area contributed by atoms with E-state index in [1.807, 2.05) is 38.1 Å². The molecule has 1 aromatic carbocycles. The number of carbonyl (C=O) groups excluding carboxylic acids is 2. The molecule has 0 aliphatic rings. The molecule has 0 bridgehead atoms. The van der Waals surface area contributed by atoms with Gasteiger partial charge in [0.15, 0.2) is 5.78 Å². The van der Waals surface area contributed by atoms with Crippen LogP contribution >= 0.6 is 11.8 Å². The zero-order valence-electron chi connectivity index (χ0n) is 9.82. The lowest BCUT2D eigenvalue weighted by atomic mass is 10.1. The molecule has 0 N–H and O–H groups in total. The molecule has 0 aliphatic heterocycles. The van der Waals surface area contributed by atoms with E-state index in [1.165, 1.54) is 11.8 Å². The predicted molar refractivity (Wildman–Crippen MR) is 67.1 cm³/mol. The smallest absolute Gasteiger partial charge is 0.162 e. The molecule has 0 fully saturated rings. The van der Waals surface area contributed by atoms with Crippen LogP contribution in [0, 0.1) is 0 Å². The summed E-state index contributed by atoms with van der Waals surface area (Å²) in [4.78, 5) is 23.5. The van der Waals surface area contributed by atoms with Gasteiger partial charge in [-0.3, -0.25) is 9.59 Å². The quantitative estimate of drug-likeness (QED) is 0.581. The standard InChI is InChI=1S/C13H16O2S/c1-4-13(15)11-5-7-12(8-6-11)16-10(3)9(2)14/h5-8,10H,4H2,1-3H3. The van der Waals surface area contributed by atoms with E-state index in [0.717, 1.165) is 10.5 Å². The van der Waals surface area contributed by atoms with Crippen LogP contribution in [0.4, 0.5) is 0 Å². The molecule has 0 spiro atoms. The van der Waals surface area contributed by atoms with E-state index < -0.39 is 0 Å². The molecule has 3 heteroatoms. The summed E-state index contributed by atoms with van der Waals surface area (Å²) in [7, 11) is 0. The average molecular weight is 236 g/mol. The van der Waals surface area contributed by atoms with Crippen molar-refractivity contribution in [3.8, 4) is 0 Å². The van der Waals surface area contributed by atoms with Crippen molar-refractivity contribution in [2.24, 2.45) is 0 Å². The summed E-state index contributed by atoms with van der Waals surface area (Å²) >= 11 is 1.52. The highest BCUT2D eigenvalue weighted by Crippen LogP contribution is 2.24. The van der Waals surface area contributed by atoms with Gasteiger partial charge >= 0.3 is 0 Å². The fraction of sp³-hybridized carbons (Fsp3) is 0.385. The van der Waals surface area contributed by atoms with Gasteiger partial charge in [-0.2, -0.15) is 0 Å². The van der Waals surface area contributed by atoms with Gasteiger partial charge in [0.2, 0.25) is 0 Å². The van der Waals surface area contributed by atoms with E-state index >= 15 is 0 Å². The molecule has 86 valence electrons. The van der Waals surface area contributed by atoms with Crippen molar-refractivity contribution in [2.45, 2.75) is 37.3 Å². The Morgan fingerprint density at radius 1 is 1.25 bits per heavy atom. The Labute approximate surface area is 100 Å². The molecular weight excluding hydrogens is 220 g/mol. The summed E-state index contributed by atoms with van der Waals surface area (Å²) in [5, 5.41) is -0.0345. The van der Waals surface area contributed by atoms with E-state index in [2.05, 4.69) is 0 Å². The van der Waals surface area contributed by atoms with Crippen molar-refractivity contribution in [3.05, 3.63) is 29.8 Å². The predicted octanol–water partition coefficient (Wildman–Crippen LogP) is 3.35. The van der Waals surface area contributed by atoms with Crippen molar-refractivity contribution in [3.63, 3.8) is 0 Å². The van der Waals surface area contributed by atoms with Crippen molar-refractivity contribution >= 4 is 23.3 Å². The normalized spacial score (nSPS) is 12.2. The van der Waals surface area contributed by atoms with Gasteiger partial charge in [0.05, 0.1) is 5.25 Å². The second-order valence-electron chi connectivity index (χ2n) is 3.67. The van der Waals surface area contributed by atoms with Crippen LogP contribution in [0.5, 0.6) is 0 Å². The molecule has 1 unspecified atom stereocenters. The molecule has 1 rings (SSSR count). The average Bonchev–Trinajstić information content (AvgIpc) is 2.28. The zero-order chi connectivity index (χ0) is 12.1. The Balaban J connectivity index is 2.72. The Hall–Kier alpha value is -1.09. The lowest BCUT2D eigenvalue weighted by Gasteiger charge is -2.07. The van der Waals surface area contributed by atoms with Crippen LogP contribution < -0.4 is 0 Å². The maximum absolute atomic E-state index is 11.4. The van der Waals surface area contributed by atoms with Crippen molar-refractivity contribution in [1.82, 2.24) is 0 Å². The van der Waals surface area contributed by atoms with Crippen LogP contribution in [0.3, 0.4) is 0 Å². The highest BCUT2D eigenvalue weighted by molar-refractivity contribution is 8.00. The van der Waals surface area contributed by atoms with Gasteiger partial charge in [0.1, 0.15) is 5.78 Å². The van der Waals surface area contributed by atoms with E-state index in [4.69, 9.17) is 0 Å². The van der Waals surface area contributed by atoms with Crippen molar-refractivity contribution in [1.29, 1.82) is 0 Å². The first-order valence-electron chi connectivity index (χ1n) is 5.35. The summed E-state index contributed by atoms with van der Waals surface area (Å²) in [5.74, 6) is 0.315. The molecule has 1 atom stereocenters. The monoisotopic (exact) mass is 236 g/mol. The largest absolute Gasteiger partial charge is 0.299 e. The Kier molecular flexibility index (Phi) is 4.74. The van der Waals surface area contributed by atoms with Gasteiger partial charge in [0, 0.05) is 16.9 Å². The van der Waals surface area contributed by atoms with Crippen LogP contribution in [-0.4, -0.2) is 16.8 Å². The van der Waals surface area contributed by atoms with Gasteiger partial charge in [-0.05, 0) is 26.0 Å². The summed E-state index contributed by atoms with van der Waals surface area (Å²) in [6.07, 6.45) is 0.524. The van der Waals surface area contributed by atoms with Gasteiger partial charge < -0.3 is 0 Å². The topological polar surface area (TPSA) is 34.1 Å². The highest BCUT2D eigenvalue weighted by atomic mass is 32.2. The number of hydrogen-bond donors (Lipinski definition) is 0. The first kappa shape index (κ1) is 13.0. The summed E-state index contributed by atoms with van der Waals surface area (Å²) in [6.45, 7) is 5.33. The number of hydrogen-bond acceptors (Lipinski definition) is 3. The van der Waals surface area contributed by atoms with E-state index in [1.54, 1.807) is 6.92 Å². The molecule has 0 saturated heterocycles. The molecular formula is C13H16O2S. The molecule has 2 nitrogen and oxygen atoms in total. The third-order valence-corrected chi connectivity index (χ3v) is 3.61. The first-order chi connectivity index (χ1) is 7.54. The van der Waals surface area contributed by atoms with Crippen LogP contribution in [0.2, 0.25) is 0 Å². The molecule has 0 heterocycles. The molecule has 0 saturated carbocycles. The SMILES string of the molecule is CCC(=O)c1ccc(SC(C)C(C)=O)cc1. The number of benzene rings is 1.